The molecule has 4 heteroatoms. The minimum Gasteiger partial charge on any atom is -0.496 e. The molecule has 0 radical (unpaired) electrons. The molecule has 1 aromatic carbocycles. The first-order chi connectivity index (χ1) is 12.0. The summed E-state index contributed by atoms with van der Waals surface area (Å²) in [6.45, 7) is 6.19. The second-order valence-corrected chi connectivity index (χ2v) is 6.87. The summed E-state index contributed by atoms with van der Waals surface area (Å²) >= 11 is 0. The Bertz CT molecular complexity index is 790. The lowest BCUT2D eigenvalue weighted by Gasteiger charge is -2.17. The third-order valence-electron chi connectivity index (χ3n) is 4.73. The number of rotatable bonds is 6. The number of amides is 1. The van der Waals surface area contributed by atoms with Gasteiger partial charge in [-0.05, 0) is 50.5 Å². The van der Waals surface area contributed by atoms with Crippen LogP contribution in [0.25, 0.3) is 6.08 Å². The van der Waals surface area contributed by atoms with Crippen LogP contribution in [0, 0.1) is 12.8 Å². The molecule has 1 aromatic heterocycles. The predicted octanol–water partition coefficient (Wildman–Crippen LogP) is 4.61. The smallest absolute Gasteiger partial charge is 0.244 e. The van der Waals surface area contributed by atoms with Crippen molar-refractivity contribution >= 4 is 12.0 Å². The van der Waals surface area contributed by atoms with Gasteiger partial charge in [-0.25, -0.2) is 0 Å². The third kappa shape index (κ3) is 4.13. The van der Waals surface area contributed by atoms with E-state index in [0.29, 0.717) is 17.6 Å². The van der Waals surface area contributed by atoms with Gasteiger partial charge in [0.2, 0.25) is 5.91 Å². The summed E-state index contributed by atoms with van der Waals surface area (Å²) < 4.78 is 11.2. The van der Waals surface area contributed by atoms with Crippen LogP contribution in [0.15, 0.2) is 40.8 Å². The Kier molecular flexibility index (Phi) is 4.98. The number of hydrogen-bond acceptors (Lipinski definition) is 3. The Morgan fingerprint density at radius 2 is 2.12 bits per heavy atom. The van der Waals surface area contributed by atoms with Crippen LogP contribution in [0.1, 0.15) is 54.9 Å². The zero-order valence-corrected chi connectivity index (χ0v) is 15.2. The lowest BCUT2D eigenvalue weighted by Crippen LogP contribution is -2.25. The minimum atomic E-state index is -0.159. The van der Waals surface area contributed by atoms with Gasteiger partial charge in [0.1, 0.15) is 17.3 Å². The van der Waals surface area contributed by atoms with E-state index < -0.39 is 0 Å². The highest BCUT2D eigenvalue weighted by Crippen LogP contribution is 2.47. The Morgan fingerprint density at radius 1 is 1.36 bits per heavy atom. The standard InChI is InChI=1S/C21H25NO3/c1-13-5-8-19(24-4)18(11-13)15(3)22-21(23)10-7-16-6-9-20(25-16)17-12-14(17)2/h5-11,14-15,17H,12H2,1-4H3,(H,22,23)/b10-7-/t14-,15+,17-/m1/s1. The number of carbonyl (C=O) groups is 1. The monoisotopic (exact) mass is 339 g/mol. The first-order valence-corrected chi connectivity index (χ1v) is 8.70. The fourth-order valence-electron chi connectivity index (χ4n) is 3.07. The van der Waals surface area contributed by atoms with Crippen molar-refractivity contribution in [1.29, 1.82) is 0 Å². The van der Waals surface area contributed by atoms with E-state index in [1.807, 2.05) is 44.2 Å². The van der Waals surface area contributed by atoms with E-state index in [2.05, 4.69) is 12.2 Å². The zero-order valence-electron chi connectivity index (χ0n) is 15.2. The molecule has 1 aliphatic rings. The number of hydrogen-bond donors (Lipinski definition) is 1. The largest absolute Gasteiger partial charge is 0.496 e. The van der Waals surface area contributed by atoms with E-state index >= 15 is 0 Å². The van der Waals surface area contributed by atoms with Gasteiger partial charge in [-0.15, -0.1) is 0 Å². The lowest BCUT2D eigenvalue weighted by molar-refractivity contribution is -0.117. The molecule has 1 aliphatic carbocycles. The quantitative estimate of drug-likeness (QED) is 0.782. The van der Waals surface area contributed by atoms with E-state index in [1.165, 1.54) is 12.5 Å². The summed E-state index contributed by atoms with van der Waals surface area (Å²) in [7, 11) is 1.64. The maximum atomic E-state index is 12.2. The molecule has 25 heavy (non-hydrogen) atoms. The van der Waals surface area contributed by atoms with Crippen LogP contribution in [0.3, 0.4) is 0 Å². The van der Waals surface area contributed by atoms with Gasteiger partial charge < -0.3 is 14.5 Å². The molecule has 0 aliphatic heterocycles. The fraction of sp³-hybridized carbons (Fsp3) is 0.381. The Hall–Kier alpha value is -2.49. The Labute approximate surface area is 148 Å². The minimum absolute atomic E-state index is 0.147. The van der Waals surface area contributed by atoms with Crippen molar-refractivity contribution in [3.05, 3.63) is 59.1 Å². The first-order valence-electron chi connectivity index (χ1n) is 8.70. The summed E-state index contributed by atoms with van der Waals surface area (Å²) in [6.07, 6.45) is 4.41. The predicted molar refractivity (Wildman–Crippen MR) is 98.6 cm³/mol. The second-order valence-electron chi connectivity index (χ2n) is 6.87. The highest BCUT2D eigenvalue weighted by atomic mass is 16.5. The molecule has 1 fully saturated rings. The van der Waals surface area contributed by atoms with Crippen molar-refractivity contribution in [3.63, 3.8) is 0 Å². The highest BCUT2D eigenvalue weighted by Gasteiger charge is 2.36. The van der Waals surface area contributed by atoms with Crippen molar-refractivity contribution in [2.45, 2.75) is 39.2 Å². The number of furan rings is 1. The normalized spacial score (nSPS) is 20.5. The van der Waals surface area contributed by atoms with E-state index in [1.54, 1.807) is 13.2 Å². The molecule has 1 saturated carbocycles. The van der Waals surface area contributed by atoms with Gasteiger partial charge in [0.25, 0.3) is 0 Å². The summed E-state index contributed by atoms with van der Waals surface area (Å²) in [6, 6.07) is 9.72. The number of nitrogens with one attached hydrogen (secondary N) is 1. The number of carbonyl (C=O) groups excluding carboxylic acids is 1. The molecule has 0 saturated heterocycles. The molecule has 4 nitrogen and oxygen atoms in total. The van der Waals surface area contributed by atoms with E-state index in [-0.39, 0.29) is 11.9 Å². The highest BCUT2D eigenvalue weighted by molar-refractivity contribution is 5.91. The van der Waals surface area contributed by atoms with Crippen LogP contribution >= 0.6 is 0 Å². The molecule has 132 valence electrons. The van der Waals surface area contributed by atoms with E-state index in [4.69, 9.17) is 9.15 Å². The van der Waals surface area contributed by atoms with Gasteiger partial charge in [0, 0.05) is 17.6 Å². The van der Waals surface area contributed by atoms with E-state index in [0.717, 1.165) is 22.6 Å². The van der Waals surface area contributed by atoms with Gasteiger partial charge in [0.05, 0.1) is 13.2 Å². The summed E-state index contributed by atoms with van der Waals surface area (Å²) in [5, 5.41) is 2.97. The van der Waals surface area contributed by atoms with Crippen molar-refractivity contribution in [2.24, 2.45) is 5.92 Å². The maximum absolute atomic E-state index is 12.2. The second kappa shape index (κ2) is 7.18. The van der Waals surface area contributed by atoms with Crippen molar-refractivity contribution < 1.29 is 13.9 Å². The van der Waals surface area contributed by atoms with Crippen molar-refractivity contribution in [1.82, 2.24) is 5.32 Å². The molecule has 1 N–H and O–H groups in total. The van der Waals surface area contributed by atoms with Crippen molar-refractivity contribution in [3.8, 4) is 5.75 Å². The SMILES string of the molecule is COc1ccc(C)cc1[C@H](C)NC(=O)/C=C\c1ccc([C@@H]2C[C@H]2C)o1. The molecule has 3 rings (SSSR count). The molecular formula is C21H25NO3. The van der Waals surface area contributed by atoms with Crippen LogP contribution in [0.2, 0.25) is 0 Å². The van der Waals surface area contributed by atoms with Crippen LogP contribution in [0.5, 0.6) is 5.75 Å². The number of ether oxygens (including phenoxy) is 1. The Balaban J connectivity index is 1.62. The molecule has 3 atom stereocenters. The van der Waals surface area contributed by atoms with Crippen LogP contribution in [-0.2, 0) is 4.79 Å². The molecule has 2 aromatic rings. The molecule has 0 bridgehead atoms. The average molecular weight is 339 g/mol. The van der Waals surface area contributed by atoms with Crippen LogP contribution < -0.4 is 10.1 Å². The van der Waals surface area contributed by atoms with Gasteiger partial charge in [-0.2, -0.15) is 0 Å². The molecule has 1 heterocycles. The van der Waals surface area contributed by atoms with Crippen LogP contribution in [0.4, 0.5) is 0 Å². The molecule has 0 unspecified atom stereocenters. The van der Waals surface area contributed by atoms with Gasteiger partial charge >= 0.3 is 0 Å². The average Bonchev–Trinajstić information content (AvgIpc) is 3.13. The number of methoxy groups -OCH3 is 1. The summed E-state index contributed by atoms with van der Waals surface area (Å²) in [4.78, 5) is 12.2. The molecule has 1 amide bonds. The maximum Gasteiger partial charge on any atom is 0.244 e. The third-order valence-corrected chi connectivity index (χ3v) is 4.73. The zero-order chi connectivity index (χ0) is 18.0. The number of benzene rings is 1. The Morgan fingerprint density at radius 3 is 2.80 bits per heavy atom. The molecular weight excluding hydrogens is 314 g/mol. The fourth-order valence-corrected chi connectivity index (χ4v) is 3.07. The van der Waals surface area contributed by atoms with Crippen molar-refractivity contribution in [2.75, 3.05) is 7.11 Å². The summed E-state index contributed by atoms with van der Waals surface area (Å²) in [5.41, 5.74) is 2.09. The van der Waals surface area contributed by atoms with E-state index in [9.17, 15) is 4.79 Å². The van der Waals surface area contributed by atoms with Gasteiger partial charge in [0.15, 0.2) is 0 Å². The number of aryl methyl sites for hydroxylation is 1. The molecule has 0 spiro atoms. The summed E-state index contributed by atoms with van der Waals surface area (Å²) in [5.74, 6) is 3.60. The lowest BCUT2D eigenvalue weighted by atomic mass is 10.0. The first kappa shape index (κ1) is 17.3. The van der Waals surface area contributed by atoms with Gasteiger partial charge in [-0.1, -0.05) is 24.6 Å². The topological polar surface area (TPSA) is 51.5 Å². The van der Waals surface area contributed by atoms with Crippen LogP contribution in [-0.4, -0.2) is 13.0 Å². The van der Waals surface area contributed by atoms with Gasteiger partial charge in [-0.3, -0.25) is 4.79 Å².